The highest BCUT2D eigenvalue weighted by Gasteiger charge is 2.23. The predicted molar refractivity (Wildman–Crippen MR) is 115 cm³/mol. The molecular weight excluding hydrogens is 388 g/mol. The largest absolute Gasteiger partial charge is 0.492 e. The van der Waals surface area contributed by atoms with Gasteiger partial charge in [0.25, 0.3) is 0 Å². The number of ether oxygens (including phenoxy) is 1. The number of anilines is 1. The van der Waals surface area contributed by atoms with E-state index >= 15 is 0 Å². The van der Waals surface area contributed by atoms with E-state index in [9.17, 15) is 13.2 Å². The van der Waals surface area contributed by atoms with Crippen LogP contribution in [0.4, 0.5) is 5.69 Å². The van der Waals surface area contributed by atoms with E-state index in [0.717, 1.165) is 20.6 Å². The molecule has 6 nitrogen and oxygen atoms in total. The number of rotatable bonds is 7. The van der Waals surface area contributed by atoms with Crippen LogP contribution in [-0.4, -0.2) is 39.3 Å². The topological polar surface area (TPSA) is 75.7 Å². The van der Waals surface area contributed by atoms with E-state index in [1.807, 2.05) is 42.5 Å². The van der Waals surface area contributed by atoms with Gasteiger partial charge in [-0.15, -0.1) is 0 Å². The highest BCUT2D eigenvalue weighted by atomic mass is 32.2. The molecule has 0 radical (unpaired) electrons. The Morgan fingerprint density at radius 2 is 1.76 bits per heavy atom. The zero-order chi connectivity index (χ0) is 21.0. The van der Waals surface area contributed by atoms with Crippen LogP contribution in [-0.2, 0) is 21.2 Å². The summed E-state index contributed by atoms with van der Waals surface area (Å²) >= 11 is 0. The third kappa shape index (κ3) is 4.58. The Balaban J connectivity index is 1.87. The van der Waals surface area contributed by atoms with Gasteiger partial charge in [0, 0.05) is 19.8 Å². The molecule has 3 aromatic rings. The Kier molecular flexibility index (Phi) is 6.20. The van der Waals surface area contributed by atoms with Crippen LogP contribution in [0.15, 0.2) is 65.6 Å². The second-order valence-electron chi connectivity index (χ2n) is 6.75. The van der Waals surface area contributed by atoms with Gasteiger partial charge in [-0.05, 0) is 41.5 Å². The summed E-state index contributed by atoms with van der Waals surface area (Å²) in [5.41, 5.74) is 1.31. The molecule has 0 bridgehead atoms. The van der Waals surface area contributed by atoms with Crippen molar-refractivity contribution < 1.29 is 17.9 Å². The lowest BCUT2D eigenvalue weighted by Gasteiger charge is -2.17. The summed E-state index contributed by atoms with van der Waals surface area (Å²) in [6.07, 6.45) is 0.185. The molecule has 1 amide bonds. The van der Waals surface area contributed by atoms with E-state index in [1.165, 1.54) is 20.2 Å². The van der Waals surface area contributed by atoms with Gasteiger partial charge >= 0.3 is 0 Å². The number of fused-ring (bicyclic) bond motifs is 1. The van der Waals surface area contributed by atoms with Crippen molar-refractivity contribution in [3.05, 3.63) is 66.2 Å². The second-order valence-corrected chi connectivity index (χ2v) is 8.87. The molecule has 7 heteroatoms. The Bertz CT molecular complexity index is 1140. The van der Waals surface area contributed by atoms with Crippen LogP contribution >= 0.6 is 0 Å². The van der Waals surface area contributed by atoms with Gasteiger partial charge in [0.15, 0.2) is 0 Å². The SMILES string of the molecule is CCOc1ccc(NC(=O)Cc2cccc3ccccc23)cc1S(=O)(=O)N(C)C. The van der Waals surface area contributed by atoms with Crippen LogP contribution in [0, 0.1) is 0 Å². The van der Waals surface area contributed by atoms with Gasteiger partial charge in [0.2, 0.25) is 15.9 Å². The molecular formula is C22H24N2O4S. The fourth-order valence-electron chi connectivity index (χ4n) is 3.08. The van der Waals surface area contributed by atoms with E-state index in [0.29, 0.717) is 12.3 Å². The minimum absolute atomic E-state index is 0.0207. The molecule has 0 fully saturated rings. The van der Waals surface area contributed by atoms with Crippen molar-refractivity contribution >= 4 is 32.4 Å². The van der Waals surface area contributed by atoms with E-state index in [4.69, 9.17) is 4.74 Å². The number of carbonyl (C=O) groups is 1. The Hall–Kier alpha value is -2.90. The number of carbonyl (C=O) groups excluding carboxylic acids is 1. The molecule has 3 aromatic carbocycles. The summed E-state index contributed by atoms with van der Waals surface area (Å²) in [5.74, 6) is 0.0342. The van der Waals surface area contributed by atoms with Crippen molar-refractivity contribution in [2.24, 2.45) is 0 Å². The summed E-state index contributed by atoms with van der Waals surface area (Å²) < 4.78 is 31.8. The minimum Gasteiger partial charge on any atom is -0.492 e. The average molecular weight is 413 g/mol. The molecule has 0 unspecified atom stereocenters. The Morgan fingerprint density at radius 1 is 1.03 bits per heavy atom. The molecule has 0 saturated heterocycles. The maximum Gasteiger partial charge on any atom is 0.246 e. The van der Waals surface area contributed by atoms with Crippen molar-refractivity contribution in [3.63, 3.8) is 0 Å². The highest BCUT2D eigenvalue weighted by molar-refractivity contribution is 7.89. The molecule has 152 valence electrons. The average Bonchev–Trinajstić information content (AvgIpc) is 2.69. The van der Waals surface area contributed by atoms with Crippen molar-refractivity contribution in [1.29, 1.82) is 0 Å². The van der Waals surface area contributed by atoms with Crippen LogP contribution in [0.1, 0.15) is 12.5 Å². The number of nitrogens with one attached hydrogen (secondary N) is 1. The second kappa shape index (κ2) is 8.63. The van der Waals surface area contributed by atoms with Gasteiger partial charge in [0.05, 0.1) is 13.0 Å². The molecule has 0 aliphatic rings. The zero-order valence-electron chi connectivity index (χ0n) is 16.7. The molecule has 1 N–H and O–H groups in total. The molecule has 0 aromatic heterocycles. The number of hydrogen-bond donors (Lipinski definition) is 1. The first kappa shape index (κ1) is 20.8. The number of hydrogen-bond acceptors (Lipinski definition) is 4. The quantitative estimate of drug-likeness (QED) is 0.642. The maximum absolute atomic E-state index is 12.6. The first-order valence-corrected chi connectivity index (χ1v) is 10.7. The molecule has 0 aliphatic heterocycles. The van der Waals surface area contributed by atoms with Crippen LogP contribution in [0.2, 0.25) is 0 Å². The smallest absolute Gasteiger partial charge is 0.246 e. The molecule has 0 atom stereocenters. The van der Waals surface area contributed by atoms with Gasteiger partial charge in [-0.3, -0.25) is 4.79 Å². The third-order valence-electron chi connectivity index (χ3n) is 4.52. The normalized spacial score (nSPS) is 11.6. The van der Waals surface area contributed by atoms with E-state index in [1.54, 1.807) is 19.1 Å². The lowest BCUT2D eigenvalue weighted by Crippen LogP contribution is -2.23. The van der Waals surface area contributed by atoms with Gasteiger partial charge in [-0.2, -0.15) is 0 Å². The molecule has 0 saturated carbocycles. The van der Waals surface area contributed by atoms with Gasteiger partial charge in [-0.25, -0.2) is 12.7 Å². The fraction of sp³-hybridized carbons (Fsp3) is 0.227. The summed E-state index contributed by atoms with van der Waals surface area (Å²) in [4.78, 5) is 12.6. The number of benzene rings is 3. The molecule has 0 spiro atoms. The van der Waals surface area contributed by atoms with Crippen LogP contribution in [0.3, 0.4) is 0 Å². The lowest BCUT2D eigenvalue weighted by atomic mass is 10.0. The Labute approximate surface area is 171 Å². The molecule has 0 heterocycles. The van der Waals surface area contributed by atoms with Crippen LogP contribution in [0.25, 0.3) is 10.8 Å². The molecule has 0 aliphatic carbocycles. The molecule has 29 heavy (non-hydrogen) atoms. The highest BCUT2D eigenvalue weighted by Crippen LogP contribution is 2.29. The maximum atomic E-state index is 12.6. The third-order valence-corrected chi connectivity index (χ3v) is 6.35. The summed E-state index contributed by atoms with van der Waals surface area (Å²) in [6, 6.07) is 18.4. The summed E-state index contributed by atoms with van der Waals surface area (Å²) in [6.45, 7) is 2.12. The van der Waals surface area contributed by atoms with E-state index in [2.05, 4.69) is 5.32 Å². The number of sulfonamides is 1. The number of nitrogens with zero attached hydrogens (tertiary/aromatic N) is 1. The predicted octanol–water partition coefficient (Wildman–Crippen LogP) is 3.67. The van der Waals surface area contributed by atoms with Crippen molar-refractivity contribution in [1.82, 2.24) is 4.31 Å². The number of amides is 1. The van der Waals surface area contributed by atoms with Gasteiger partial charge < -0.3 is 10.1 Å². The fourth-order valence-corrected chi connectivity index (χ4v) is 4.13. The minimum atomic E-state index is -3.72. The first-order valence-electron chi connectivity index (χ1n) is 9.28. The zero-order valence-corrected chi connectivity index (χ0v) is 17.5. The summed E-state index contributed by atoms with van der Waals surface area (Å²) in [7, 11) is -0.808. The van der Waals surface area contributed by atoms with Crippen molar-refractivity contribution in [2.75, 3.05) is 26.0 Å². The lowest BCUT2D eigenvalue weighted by molar-refractivity contribution is -0.115. The van der Waals surface area contributed by atoms with Gasteiger partial charge in [0.1, 0.15) is 10.6 Å². The Morgan fingerprint density at radius 3 is 2.48 bits per heavy atom. The summed E-state index contributed by atoms with van der Waals surface area (Å²) in [5, 5.41) is 4.89. The van der Waals surface area contributed by atoms with Crippen molar-refractivity contribution in [2.45, 2.75) is 18.2 Å². The molecule has 3 rings (SSSR count). The van der Waals surface area contributed by atoms with Crippen LogP contribution in [0.5, 0.6) is 5.75 Å². The van der Waals surface area contributed by atoms with Gasteiger partial charge in [-0.1, -0.05) is 42.5 Å². The monoisotopic (exact) mass is 412 g/mol. The van der Waals surface area contributed by atoms with E-state index < -0.39 is 10.0 Å². The first-order chi connectivity index (χ1) is 13.8. The van der Waals surface area contributed by atoms with Crippen LogP contribution < -0.4 is 10.1 Å². The van der Waals surface area contributed by atoms with E-state index in [-0.39, 0.29) is 23.0 Å². The van der Waals surface area contributed by atoms with Crippen molar-refractivity contribution in [3.8, 4) is 5.75 Å². The standard InChI is InChI=1S/C22H24N2O4S/c1-4-28-20-13-12-18(15-21(20)29(26,27)24(2)3)23-22(25)14-17-10-7-9-16-8-5-6-11-19(16)17/h5-13,15H,4,14H2,1-3H3,(H,23,25).